The van der Waals surface area contributed by atoms with Crippen molar-refractivity contribution in [1.29, 1.82) is 0 Å². The molecule has 1 atom stereocenters. The van der Waals surface area contributed by atoms with Gasteiger partial charge in [0, 0.05) is 15.7 Å². The van der Waals surface area contributed by atoms with E-state index in [0.29, 0.717) is 15.8 Å². The minimum absolute atomic E-state index is 0.227. The quantitative estimate of drug-likeness (QED) is 0.885. The van der Waals surface area contributed by atoms with Gasteiger partial charge in [0.15, 0.2) is 6.10 Å². The first-order valence-electron chi connectivity index (χ1n) is 6.45. The minimum Gasteiger partial charge on any atom is -0.481 e. The summed E-state index contributed by atoms with van der Waals surface area (Å²) < 4.78 is 5.57. The number of ether oxygens (including phenoxy) is 1. The van der Waals surface area contributed by atoms with Gasteiger partial charge in [-0.3, -0.25) is 4.79 Å². The van der Waals surface area contributed by atoms with Crippen molar-refractivity contribution < 1.29 is 9.53 Å². The van der Waals surface area contributed by atoms with Crippen LogP contribution < -0.4 is 10.1 Å². The largest absolute Gasteiger partial charge is 0.481 e. The Morgan fingerprint density at radius 2 is 1.71 bits per heavy atom. The molecule has 1 N–H and O–H groups in total. The summed E-state index contributed by atoms with van der Waals surface area (Å²) in [6, 6.07) is 12.2. The van der Waals surface area contributed by atoms with E-state index in [4.69, 9.17) is 27.9 Å². The molecule has 21 heavy (non-hydrogen) atoms. The van der Waals surface area contributed by atoms with E-state index >= 15 is 0 Å². The Bertz CT molecular complexity index is 641. The van der Waals surface area contributed by atoms with Gasteiger partial charge in [0.05, 0.1) is 0 Å². The first kappa shape index (κ1) is 15.7. The minimum atomic E-state index is -0.624. The lowest BCUT2D eigenvalue weighted by Gasteiger charge is -2.16. The van der Waals surface area contributed by atoms with Crippen molar-refractivity contribution >= 4 is 34.8 Å². The van der Waals surface area contributed by atoms with Crippen LogP contribution in [0, 0.1) is 6.92 Å². The van der Waals surface area contributed by atoms with Gasteiger partial charge in [0.2, 0.25) is 0 Å². The second kappa shape index (κ2) is 6.83. The summed E-state index contributed by atoms with van der Waals surface area (Å²) in [5.41, 5.74) is 1.62. The summed E-state index contributed by atoms with van der Waals surface area (Å²) in [5, 5.41) is 4.08. The summed E-state index contributed by atoms with van der Waals surface area (Å²) in [4.78, 5) is 12.1. The molecule has 0 aromatic heterocycles. The van der Waals surface area contributed by atoms with E-state index in [1.54, 1.807) is 49.4 Å². The normalized spacial score (nSPS) is 11.8. The second-order valence-electron chi connectivity index (χ2n) is 4.66. The highest BCUT2D eigenvalue weighted by molar-refractivity contribution is 6.31. The maximum absolute atomic E-state index is 12.1. The molecule has 0 aliphatic heterocycles. The van der Waals surface area contributed by atoms with Crippen molar-refractivity contribution in [3.8, 4) is 5.75 Å². The number of carbonyl (C=O) groups is 1. The topological polar surface area (TPSA) is 38.3 Å². The van der Waals surface area contributed by atoms with E-state index < -0.39 is 6.10 Å². The number of amides is 1. The number of anilines is 1. The van der Waals surface area contributed by atoms with Gasteiger partial charge in [-0.1, -0.05) is 23.2 Å². The Kier molecular flexibility index (Phi) is 5.10. The van der Waals surface area contributed by atoms with Gasteiger partial charge in [-0.2, -0.15) is 0 Å². The molecule has 110 valence electrons. The smallest absolute Gasteiger partial charge is 0.265 e. The molecule has 0 spiro atoms. The van der Waals surface area contributed by atoms with Crippen LogP contribution in [0.25, 0.3) is 0 Å². The molecule has 0 saturated carbocycles. The molecule has 0 saturated heterocycles. The van der Waals surface area contributed by atoms with E-state index in [1.807, 2.05) is 6.92 Å². The molecule has 0 fully saturated rings. The summed E-state index contributed by atoms with van der Waals surface area (Å²) in [6.45, 7) is 3.57. The molecular weight excluding hydrogens is 309 g/mol. The van der Waals surface area contributed by atoms with Gasteiger partial charge >= 0.3 is 0 Å². The maximum Gasteiger partial charge on any atom is 0.265 e. The molecule has 2 aromatic carbocycles. The molecule has 1 amide bonds. The average Bonchev–Trinajstić information content (AvgIpc) is 2.44. The SMILES string of the molecule is Cc1cc(Cl)ccc1NC(=O)[C@H](C)Oc1ccc(Cl)cc1. The highest BCUT2D eigenvalue weighted by Gasteiger charge is 2.15. The number of aryl methyl sites for hydroxylation is 1. The number of carbonyl (C=O) groups excluding carboxylic acids is 1. The number of hydrogen-bond acceptors (Lipinski definition) is 2. The molecule has 2 rings (SSSR count). The number of rotatable bonds is 4. The van der Waals surface area contributed by atoms with Crippen LogP contribution in [0.2, 0.25) is 10.0 Å². The predicted octanol–water partition coefficient (Wildman–Crippen LogP) is 4.71. The van der Waals surface area contributed by atoms with Gasteiger partial charge in [-0.25, -0.2) is 0 Å². The molecule has 0 radical (unpaired) electrons. The Morgan fingerprint density at radius 3 is 2.33 bits per heavy atom. The molecular formula is C16H15Cl2NO2. The number of hydrogen-bond donors (Lipinski definition) is 1. The molecule has 5 heteroatoms. The Labute approximate surface area is 133 Å². The zero-order valence-corrected chi connectivity index (χ0v) is 13.2. The first-order chi connectivity index (χ1) is 9.95. The molecule has 0 aliphatic rings. The number of nitrogens with one attached hydrogen (secondary N) is 1. The second-order valence-corrected chi connectivity index (χ2v) is 5.54. The molecule has 0 aliphatic carbocycles. The monoisotopic (exact) mass is 323 g/mol. The standard InChI is InChI=1S/C16H15Cl2NO2/c1-10-9-13(18)5-8-15(10)19-16(20)11(2)21-14-6-3-12(17)4-7-14/h3-9,11H,1-2H3,(H,19,20)/t11-/m0/s1. The van der Waals surface area contributed by atoms with Crippen molar-refractivity contribution in [2.24, 2.45) is 0 Å². The fourth-order valence-electron chi connectivity index (χ4n) is 1.77. The van der Waals surface area contributed by atoms with Crippen molar-refractivity contribution in [3.63, 3.8) is 0 Å². The average molecular weight is 324 g/mol. The van der Waals surface area contributed by atoms with E-state index in [1.165, 1.54) is 0 Å². The Balaban J connectivity index is 2.00. The predicted molar refractivity (Wildman–Crippen MR) is 86.4 cm³/mol. The van der Waals surface area contributed by atoms with Gasteiger partial charge in [-0.05, 0) is 61.9 Å². The fourth-order valence-corrected chi connectivity index (χ4v) is 2.13. The van der Waals surface area contributed by atoms with Gasteiger partial charge in [0.1, 0.15) is 5.75 Å². The third kappa shape index (κ3) is 4.38. The summed E-state index contributed by atoms with van der Waals surface area (Å²) >= 11 is 11.7. The lowest BCUT2D eigenvalue weighted by atomic mass is 10.2. The zero-order chi connectivity index (χ0) is 15.4. The van der Waals surface area contributed by atoms with Crippen LogP contribution in [0.1, 0.15) is 12.5 Å². The van der Waals surface area contributed by atoms with Crippen LogP contribution in [0.5, 0.6) is 5.75 Å². The van der Waals surface area contributed by atoms with E-state index in [-0.39, 0.29) is 5.91 Å². The fraction of sp³-hybridized carbons (Fsp3) is 0.188. The summed E-state index contributed by atoms with van der Waals surface area (Å²) in [6.07, 6.45) is -0.624. The Morgan fingerprint density at radius 1 is 1.10 bits per heavy atom. The first-order valence-corrected chi connectivity index (χ1v) is 7.20. The highest BCUT2D eigenvalue weighted by atomic mass is 35.5. The van der Waals surface area contributed by atoms with Crippen LogP contribution in [0.4, 0.5) is 5.69 Å². The summed E-state index contributed by atoms with van der Waals surface area (Å²) in [5.74, 6) is 0.366. The van der Waals surface area contributed by atoms with Gasteiger partial charge in [-0.15, -0.1) is 0 Å². The molecule has 0 bridgehead atoms. The molecule has 3 nitrogen and oxygen atoms in total. The summed E-state index contributed by atoms with van der Waals surface area (Å²) in [7, 11) is 0. The van der Waals surface area contributed by atoms with Gasteiger partial charge < -0.3 is 10.1 Å². The van der Waals surface area contributed by atoms with E-state index in [0.717, 1.165) is 11.3 Å². The zero-order valence-electron chi connectivity index (χ0n) is 11.7. The van der Waals surface area contributed by atoms with Crippen molar-refractivity contribution in [3.05, 3.63) is 58.1 Å². The Hall–Kier alpha value is -1.71. The van der Waals surface area contributed by atoms with Crippen LogP contribution >= 0.6 is 23.2 Å². The molecule has 2 aromatic rings. The highest BCUT2D eigenvalue weighted by Crippen LogP contribution is 2.21. The van der Waals surface area contributed by atoms with Gasteiger partial charge in [0.25, 0.3) is 5.91 Å². The third-order valence-electron chi connectivity index (χ3n) is 2.94. The lowest BCUT2D eigenvalue weighted by Crippen LogP contribution is -2.30. The van der Waals surface area contributed by atoms with Crippen LogP contribution in [-0.4, -0.2) is 12.0 Å². The van der Waals surface area contributed by atoms with Crippen LogP contribution in [-0.2, 0) is 4.79 Å². The molecule has 0 heterocycles. The van der Waals surface area contributed by atoms with E-state index in [9.17, 15) is 4.79 Å². The van der Waals surface area contributed by atoms with E-state index in [2.05, 4.69) is 5.32 Å². The van der Waals surface area contributed by atoms with Crippen molar-refractivity contribution in [2.45, 2.75) is 20.0 Å². The number of benzene rings is 2. The third-order valence-corrected chi connectivity index (χ3v) is 3.43. The van der Waals surface area contributed by atoms with Crippen molar-refractivity contribution in [1.82, 2.24) is 0 Å². The van der Waals surface area contributed by atoms with Crippen molar-refractivity contribution in [2.75, 3.05) is 5.32 Å². The number of halogens is 2. The van der Waals surface area contributed by atoms with Crippen LogP contribution in [0.3, 0.4) is 0 Å². The van der Waals surface area contributed by atoms with Crippen LogP contribution in [0.15, 0.2) is 42.5 Å². The molecule has 0 unspecified atom stereocenters. The maximum atomic E-state index is 12.1. The lowest BCUT2D eigenvalue weighted by molar-refractivity contribution is -0.122.